The molecule has 76 valence electrons. The van der Waals surface area contributed by atoms with Gasteiger partial charge in [0.2, 0.25) is 0 Å². The molecule has 3 heteroatoms. The van der Waals surface area contributed by atoms with E-state index in [1.54, 1.807) is 0 Å². The van der Waals surface area contributed by atoms with Crippen molar-refractivity contribution in [3.05, 3.63) is 34.3 Å². The first-order chi connectivity index (χ1) is 6.79. The van der Waals surface area contributed by atoms with E-state index in [4.69, 9.17) is 5.73 Å². The summed E-state index contributed by atoms with van der Waals surface area (Å²) in [6.07, 6.45) is 2.42. The molecule has 2 atom stereocenters. The molecular weight excluding hydrogens is 240 g/mol. The molecule has 1 aromatic rings. The zero-order valence-electron chi connectivity index (χ0n) is 8.04. The monoisotopic (exact) mass is 254 g/mol. The molecule has 0 aliphatic carbocycles. The number of halogens is 1. The molecule has 2 unspecified atom stereocenters. The van der Waals surface area contributed by atoms with Gasteiger partial charge in [-0.25, -0.2) is 0 Å². The number of nitrogens with two attached hydrogens (primary N) is 1. The minimum atomic E-state index is 0.105. The van der Waals surface area contributed by atoms with Crippen molar-refractivity contribution >= 4 is 15.9 Å². The molecule has 1 aliphatic rings. The van der Waals surface area contributed by atoms with Crippen LogP contribution in [0.25, 0.3) is 0 Å². The van der Waals surface area contributed by atoms with Gasteiger partial charge in [-0.1, -0.05) is 34.1 Å². The molecule has 0 radical (unpaired) electrons. The van der Waals surface area contributed by atoms with Crippen LogP contribution >= 0.6 is 15.9 Å². The lowest BCUT2D eigenvalue weighted by Crippen LogP contribution is -2.34. The first-order valence-corrected chi connectivity index (χ1v) is 5.82. The average Bonchev–Trinajstić information content (AvgIpc) is 2.70. The van der Waals surface area contributed by atoms with E-state index in [-0.39, 0.29) is 6.04 Å². The summed E-state index contributed by atoms with van der Waals surface area (Å²) in [5, 5.41) is 3.44. The summed E-state index contributed by atoms with van der Waals surface area (Å²) >= 11 is 3.54. The van der Waals surface area contributed by atoms with Crippen molar-refractivity contribution in [2.45, 2.75) is 24.9 Å². The Morgan fingerprint density at radius 1 is 1.43 bits per heavy atom. The summed E-state index contributed by atoms with van der Waals surface area (Å²) in [4.78, 5) is 0. The van der Waals surface area contributed by atoms with Crippen LogP contribution in [0.15, 0.2) is 28.7 Å². The molecule has 14 heavy (non-hydrogen) atoms. The van der Waals surface area contributed by atoms with Gasteiger partial charge >= 0.3 is 0 Å². The highest BCUT2D eigenvalue weighted by Crippen LogP contribution is 2.26. The Kier molecular flexibility index (Phi) is 3.21. The molecule has 2 rings (SSSR count). The van der Waals surface area contributed by atoms with Crippen LogP contribution in [0.5, 0.6) is 0 Å². The zero-order chi connectivity index (χ0) is 9.97. The van der Waals surface area contributed by atoms with Gasteiger partial charge in [0.05, 0.1) is 0 Å². The second kappa shape index (κ2) is 4.43. The van der Waals surface area contributed by atoms with Gasteiger partial charge in [-0.2, -0.15) is 0 Å². The van der Waals surface area contributed by atoms with Gasteiger partial charge in [-0.3, -0.25) is 0 Å². The number of nitrogens with one attached hydrogen (secondary N) is 1. The third-order valence-electron chi connectivity index (χ3n) is 2.80. The van der Waals surface area contributed by atoms with Gasteiger partial charge in [-0.05, 0) is 31.0 Å². The fraction of sp³-hybridized carbons (Fsp3) is 0.455. The van der Waals surface area contributed by atoms with E-state index in [1.165, 1.54) is 18.4 Å². The third-order valence-corrected chi connectivity index (χ3v) is 3.52. The summed E-state index contributed by atoms with van der Waals surface area (Å²) in [7, 11) is 0. The molecule has 0 amide bonds. The Hall–Kier alpha value is -0.380. The first kappa shape index (κ1) is 10.1. The molecule has 0 aromatic heterocycles. The highest BCUT2D eigenvalue weighted by atomic mass is 79.9. The van der Waals surface area contributed by atoms with Gasteiger partial charge in [0.25, 0.3) is 0 Å². The van der Waals surface area contributed by atoms with E-state index >= 15 is 0 Å². The van der Waals surface area contributed by atoms with Crippen molar-refractivity contribution in [1.82, 2.24) is 5.32 Å². The molecular formula is C11H15BrN2. The van der Waals surface area contributed by atoms with Crippen molar-refractivity contribution in [3.63, 3.8) is 0 Å². The van der Waals surface area contributed by atoms with Crippen molar-refractivity contribution in [2.24, 2.45) is 5.73 Å². The normalized spacial score (nSPS) is 23.7. The molecule has 1 saturated heterocycles. The number of benzene rings is 1. The van der Waals surface area contributed by atoms with Gasteiger partial charge in [0.1, 0.15) is 0 Å². The predicted octanol–water partition coefficient (Wildman–Crippen LogP) is 2.20. The van der Waals surface area contributed by atoms with E-state index in [9.17, 15) is 0 Å². The van der Waals surface area contributed by atoms with Crippen molar-refractivity contribution in [1.29, 1.82) is 0 Å². The quantitative estimate of drug-likeness (QED) is 0.850. The second-order valence-corrected chi connectivity index (χ2v) is 4.60. The molecule has 3 N–H and O–H groups in total. The Morgan fingerprint density at radius 3 is 2.86 bits per heavy atom. The average molecular weight is 255 g/mol. The minimum absolute atomic E-state index is 0.105. The van der Waals surface area contributed by atoms with Crippen LogP contribution in [0.1, 0.15) is 24.4 Å². The number of hydrogen-bond acceptors (Lipinski definition) is 2. The molecule has 1 aromatic carbocycles. The fourth-order valence-electron chi connectivity index (χ4n) is 1.98. The fourth-order valence-corrected chi connectivity index (χ4v) is 2.53. The van der Waals surface area contributed by atoms with E-state index < -0.39 is 0 Å². The van der Waals surface area contributed by atoms with Crippen LogP contribution < -0.4 is 11.1 Å². The molecule has 2 nitrogen and oxygen atoms in total. The minimum Gasteiger partial charge on any atom is -0.323 e. The SMILES string of the molecule is NC(c1ccccc1Br)C1CCCN1. The third kappa shape index (κ3) is 2.00. The number of rotatable bonds is 2. The van der Waals surface area contributed by atoms with E-state index in [0.29, 0.717) is 6.04 Å². The summed E-state index contributed by atoms with van der Waals surface area (Å²) in [6, 6.07) is 8.73. The Morgan fingerprint density at radius 2 is 2.21 bits per heavy atom. The maximum atomic E-state index is 6.21. The maximum absolute atomic E-state index is 6.21. The predicted molar refractivity (Wildman–Crippen MR) is 62.1 cm³/mol. The molecule has 1 fully saturated rings. The van der Waals surface area contributed by atoms with Crippen LogP contribution in [0.3, 0.4) is 0 Å². The highest BCUT2D eigenvalue weighted by Gasteiger charge is 2.23. The van der Waals surface area contributed by atoms with Crippen LogP contribution in [-0.4, -0.2) is 12.6 Å². The molecule has 1 aliphatic heterocycles. The van der Waals surface area contributed by atoms with E-state index in [0.717, 1.165) is 11.0 Å². The first-order valence-electron chi connectivity index (χ1n) is 5.02. The van der Waals surface area contributed by atoms with Crippen molar-refractivity contribution in [2.75, 3.05) is 6.54 Å². The largest absolute Gasteiger partial charge is 0.323 e. The smallest absolute Gasteiger partial charge is 0.0462 e. The Bertz CT molecular complexity index is 308. The van der Waals surface area contributed by atoms with Gasteiger partial charge < -0.3 is 11.1 Å². The molecule has 0 saturated carbocycles. The zero-order valence-corrected chi connectivity index (χ0v) is 9.63. The van der Waals surface area contributed by atoms with Crippen LogP contribution in [-0.2, 0) is 0 Å². The maximum Gasteiger partial charge on any atom is 0.0462 e. The summed E-state index contributed by atoms with van der Waals surface area (Å²) in [5.74, 6) is 0. The molecule has 0 bridgehead atoms. The standard InChI is InChI=1S/C11H15BrN2/c12-9-5-2-1-4-8(9)11(13)10-6-3-7-14-10/h1-2,4-5,10-11,14H,3,6-7,13H2. The summed E-state index contributed by atoms with van der Waals surface area (Å²) in [5.41, 5.74) is 7.41. The Balaban J connectivity index is 2.17. The van der Waals surface area contributed by atoms with Crippen LogP contribution in [0.4, 0.5) is 0 Å². The van der Waals surface area contributed by atoms with Crippen LogP contribution in [0, 0.1) is 0 Å². The molecule has 1 heterocycles. The van der Waals surface area contributed by atoms with E-state index in [1.807, 2.05) is 18.2 Å². The lowest BCUT2D eigenvalue weighted by molar-refractivity contribution is 0.499. The molecule has 0 spiro atoms. The Labute approximate surface area is 93.0 Å². The lowest BCUT2D eigenvalue weighted by Gasteiger charge is -2.20. The number of hydrogen-bond donors (Lipinski definition) is 2. The van der Waals surface area contributed by atoms with Crippen molar-refractivity contribution in [3.8, 4) is 0 Å². The van der Waals surface area contributed by atoms with Crippen molar-refractivity contribution < 1.29 is 0 Å². The van der Waals surface area contributed by atoms with E-state index in [2.05, 4.69) is 27.3 Å². The van der Waals surface area contributed by atoms with Gasteiger partial charge in [-0.15, -0.1) is 0 Å². The lowest BCUT2D eigenvalue weighted by atomic mass is 9.99. The van der Waals surface area contributed by atoms with Crippen LogP contribution in [0.2, 0.25) is 0 Å². The highest BCUT2D eigenvalue weighted by molar-refractivity contribution is 9.10. The second-order valence-electron chi connectivity index (χ2n) is 3.75. The topological polar surface area (TPSA) is 38.0 Å². The van der Waals surface area contributed by atoms with Gasteiger partial charge in [0.15, 0.2) is 0 Å². The summed E-state index contributed by atoms with van der Waals surface area (Å²) < 4.78 is 1.11. The summed E-state index contributed by atoms with van der Waals surface area (Å²) in [6.45, 7) is 1.10. The van der Waals surface area contributed by atoms with Gasteiger partial charge in [0, 0.05) is 16.6 Å².